The van der Waals surface area contributed by atoms with Gasteiger partial charge in [0.05, 0.1) is 10.9 Å². The Morgan fingerprint density at radius 1 is 1.23 bits per heavy atom. The molecule has 2 aromatic heterocycles. The standard InChI is InChI=1S/C17H21N7OS/c1-11-10-12(2)24(21-11)16-19-20-17(23(16)18)26-13(3)15(25)22(4)14-8-6-5-7-9-14/h5-10,13H,18H2,1-4H3. The average molecular weight is 371 g/mol. The van der Waals surface area contributed by atoms with Gasteiger partial charge in [-0.1, -0.05) is 30.0 Å². The molecule has 9 heteroatoms. The summed E-state index contributed by atoms with van der Waals surface area (Å²) in [4.78, 5) is 14.3. The van der Waals surface area contributed by atoms with Crippen LogP contribution in [-0.4, -0.2) is 42.9 Å². The number of anilines is 1. The molecule has 0 spiro atoms. The molecule has 26 heavy (non-hydrogen) atoms. The molecular weight excluding hydrogens is 350 g/mol. The van der Waals surface area contributed by atoms with Crippen LogP contribution in [0.3, 0.4) is 0 Å². The molecule has 1 unspecified atom stereocenters. The molecule has 2 heterocycles. The Labute approximate surface area is 156 Å². The number of hydrogen-bond acceptors (Lipinski definition) is 6. The maximum Gasteiger partial charge on any atom is 0.271 e. The van der Waals surface area contributed by atoms with Crippen LogP contribution >= 0.6 is 11.8 Å². The number of amides is 1. The Bertz CT molecular complexity index is 919. The SMILES string of the molecule is Cc1cc(C)n(-c2nnc(SC(C)C(=O)N(C)c3ccccc3)n2N)n1. The molecule has 1 aromatic carbocycles. The van der Waals surface area contributed by atoms with E-state index < -0.39 is 0 Å². The zero-order valence-corrected chi connectivity index (χ0v) is 15.9. The minimum Gasteiger partial charge on any atom is -0.334 e. The topological polar surface area (TPSA) is 94.9 Å². The maximum absolute atomic E-state index is 12.7. The van der Waals surface area contributed by atoms with Crippen LogP contribution in [0, 0.1) is 13.8 Å². The van der Waals surface area contributed by atoms with E-state index in [1.165, 1.54) is 16.4 Å². The molecule has 8 nitrogen and oxygen atoms in total. The highest BCUT2D eigenvalue weighted by Gasteiger charge is 2.23. The Kier molecular flexibility index (Phi) is 4.99. The van der Waals surface area contributed by atoms with Gasteiger partial charge in [-0.2, -0.15) is 5.10 Å². The maximum atomic E-state index is 12.7. The third-order valence-electron chi connectivity index (χ3n) is 3.95. The predicted octanol–water partition coefficient (Wildman–Crippen LogP) is 1.94. The molecule has 3 rings (SSSR count). The van der Waals surface area contributed by atoms with Crippen molar-refractivity contribution in [3.8, 4) is 5.95 Å². The third-order valence-corrected chi connectivity index (χ3v) is 4.99. The number of nitrogen functional groups attached to an aromatic ring is 1. The summed E-state index contributed by atoms with van der Waals surface area (Å²) >= 11 is 1.26. The minimum absolute atomic E-state index is 0.0446. The van der Waals surface area contributed by atoms with Crippen molar-refractivity contribution in [2.24, 2.45) is 0 Å². The number of aryl methyl sites for hydroxylation is 2. The Morgan fingerprint density at radius 2 is 1.92 bits per heavy atom. The van der Waals surface area contributed by atoms with Crippen molar-refractivity contribution in [1.82, 2.24) is 24.7 Å². The van der Waals surface area contributed by atoms with Crippen molar-refractivity contribution in [2.75, 3.05) is 17.8 Å². The number of rotatable bonds is 5. The zero-order chi connectivity index (χ0) is 18.8. The van der Waals surface area contributed by atoms with Crippen molar-refractivity contribution in [3.05, 3.63) is 47.8 Å². The quantitative estimate of drug-likeness (QED) is 0.544. The molecule has 0 aliphatic carbocycles. The Balaban J connectivity index is 1.77. The molecule has 3 aromatic rings. The van der Waals surface area contributed by atoms with Crippen molar-refractivity contribution < 1.29 is 4.79 Å². The average Bonchev–Trinajstić information content (AvgIpc) is 3.15. The van der Waals surface area contributed by atoms with Gasteiger partial charge in [0.25, 0.3) is 5.95 Å². The van der Waals surface area contributed by atoms with E-state index in [1.807, 2.05) is 57.2 Å². The number of thioether (sulfide) groups is 1. The lowest BCUT2D eigenvalue weighted by molar-refractivity contribution is -0.117. The fourth-order valence-corrected chi connectivity index (χ4v) is 3.44. The normalized spacial score (nSPS) is 12.2. The molecule has 0 fully saturated rings. The fourth-order valence-electron chi connectivity index (χ4n) is 2.59. The Hall–Kier alpha value is -2.81. The molecule has 0 bridgehead atoms. The molecule has 0 radical (unpaired) electrons. The highest BCUT2D eigenvalue weighted by Crippen LogP contribution is 2.25. The van der Waals surface area contributed by atoms with Crippen LogP contribution in [0.1, 0.15) is 18.3 Å². The monoisotopic (exact) mass is 371 g/mol. The molecule has 0 aliphatic rings. The van der Waals surface area contributed by atoms with Crippen LogP contribution < -0.4 is 10.7 Å². The van der Waals surface area contributed by atoms with Gasteiger partial charge in [0.2, 0.25) is 11.1 Å². The van der Waals surface area contributed by atoms with Gasteiger partial charge in [-0.25, -0.2) is 9.36 Å². The van der Waals surface area contributed by atoms with E-state index in [4.69, 9.17) is 5.84 Å². The van der Waals surface area contributed by atoms with Gasteiger partial charge in [0, 0.05) is 18.4 Å². The van der Waals surface area contributed by atoms with Crippen molar-refractivity contribution >= 4 is 23.4 Å². The molecule has 0 saturated heterocycles. The molecule has 1 amide bonds. The van der Waals surface area contributed by atoms with E-state index in [0.29, 0.717) is 11.1 Å². The van der Waals surface area contributed by atoms with Gasteiger partial charge >= 0.3 is 0 Å². The first kappa shape index (κ1) is 18.0. The Morgan fingerprint density at radius 3 is 2.54 bits per heavy atom. The second-order valence-corrected chi connectivity index (χ2v) is 7.29. The summed E-state index contributed by atoms with van der Waals surface area (Å²) in [7, 11) is 1.75. The lowest BCUT2D eigenvalue weighted by atomic mass is 10.3. The summed E-state index contributed by atoms with van der Waals surface area (Å²) in [5, 5.41) is 12.7. The van der Waals surface area contributed by atoms with Crippen molar-refractivity contribution in [2.45, 2.75) is 31.2 Å². The van der Waals surface area contributed by atoms with E-state index in [0.717, 1.165) is 17.1 Å². The van der Waals surface area contributed by atoms with Gasteiger partial charge in [-0.15, -0.1) is 10.2 Å². The second-order valence-electron chi connectivity index (χ2n) is 5.98. The summed E-state index contributed by atoms with van der Waals surface area (Å²) in [6.07, 6.45) is 0. The smallest absolute Gasteiger partial charge is 0.271 e. The molecule has 0 saturated carbocycles. The van der Waals surface area contributed by atoms with E-state index in [-0.39, 0.29) is 11.2 Å². The van der Waals surface area contributed by atoms with Gasteiger partial charge in [-0.05, 0) is 39.0 Å². The van der Waals surface area contributed by atoms with Crippen LogP contribution in [0.2, 0.25) is 0 Å². The van der Waals surface area contributed by atoms with E-state index >= 15 is 0 Å². The molecular formula is C17H21N7OS. The molecule has 0 aliphatic heterocycles. The van der Waals surface area contributed by atoms with E-state index in [2.05, 4.69) is 15.3 Å². The van der Waals surface area contributed by atoms with E-state index in [1.54, 1.807) is 16.6 Å². The van der Waals surface area contributed by atoms with Crippen LogP contribution in [0.4, 0.5) is 5.69 Å². The third kappa shape index (κ3) is 3.43. The lowest BCUT2D eigenvalue weighted by Crippen LogP contribution is -2.33. The first-order chi connectivity index (χ1) is 12.4. The number of aromatic nitrogens is 5. The lowest BCUT2D eigenvalue weighted by Gasteiger charge is -2.20. The first-order valence-electron chi connectivity index (χ1n) is 8.12. The van der Waals surface area contributed by atoms with E-state index in [9.17, 15) is 4.79 Å². The number of nitrogens with zero attached hydrogens (tertiary/aromatic N) is 6. The van der Waals surface area contributed by atoms with Gasteiger partial charge in [0.15, 0.2) is 0 Å². The largest absolute Gasteiger partial charge is 0.334 e. The number of para-hydroxylation sites is 1. The summed E-state index contributed by atoms with van der Waals surface area (Å²) in [5.41, 5.74) is 2.61. The summed E-state index contributed by atoms with van der Waals surface area (Å²) in [5.74, 6) is 6.50. The minimum atomic E-state index is -0.375. The van der Waals surface area contributed by atoms with Crippen LogP contribution in [0.15, 0.2) is 41.6 Å². The number of hydrogen-bond donors (Lipinski definition) is 1. The highest BCUT2D eigenvalue weighted by molar-refractivity contribution is 8.00. The van der Waals surface area contributed by atoms with Gasteiger partial charge in [0.1, 0.15) is 0 Å². The van der Waals surface area contributed by atoms with Crippen LogP contribution in [0.25, 0.3) is 5.95 Å². The molecule has 1 atom stereocenters. The number of carbonyl (C=O) groups is 1. The fraction of sp³-hybridized carbons (Fsp3) is 0.294. The van der Waals surface area contributed by atoms with Crippen molar-refractivity contribution in [3.63, 3.8) is 0 Å². The predicted molar refractivity (Wildman–Crippen MR) is 102 cm³/mol. The first-order valence-corrected chi connectivity index (χ1v) is 9.00. The highest BCUT2D eigenvalue weighted by atomic mass is 32.2. The number of carbonyl (C=O) groups excluding carboxylic acids is 1. The summed E-state index contributed by atoms with van der Waals surface area (Å²) < 4.78 is 2.99. The second kappa shape index (κ2) is 7.20. The molecule has 2 N–H and O–H groups in total. The zero-order valence-electron chi connectivity index (χ0n) is 15.1. The number of benzene rings is 1. The van der Waals surface area contributed by atoms with Gasteiger partial charge in [-0.3, -0.25) is 4.79 Å². The summed E-state index contributed by atoms with van der Waals surface area (Å²) in [6, 6.07) is 11.4. The molecule has 136 valence electrons. The number of nitrogens with two attached hydrogens (primary N) is 1. The van der Waals surface area contributed by atoms with Crippen molar-refractivity contribution in [1.29, 1.82) is 0 Å². The van der Waals surface area contributed by atoms with Crippen LogP contribution in [-0.2, 0) is 4.79 Å². The summed E-state index contributed by atoms with van der Waals surface area (Å²) in [6.45, 7) is 5.64. The van der Waals surface area contributed by atoms with Gasteiger partial charge < -0.3 is 10.7 Å². The van der Waals surface area contributed by atoms with Crippen LogP contribution in [0.5, 0.6) is 0 Å².